The van der Waals surface area contributed by atoms with Crippen molar-refractivity contribution in [2.24, 2.45) is 0 Å². The minimum Gasteiger partial charge on any atom is -0.478 e. The van der Waals surface area contributed by atoms with Crippen LogP contribution < -0.4 is 10.2 Å². The first kappa shape index (κ1) is 13.4. The molecule has 0 radical (unpaired) electrons. The normalized spacial score (nSPS) is 13.9. The number of thioether (sulfide) groups is 1. The molecule has 0 unspecified atom stereocenters. The molecule has 1 aliphatic heterocycles. The van der Waals surface area contributed by atoms with E-state index in [2.05, 4.69) is 5.32 Å². The van der Waals surface area contributed by atoms with Gasteiger partial charge in [-0.2, -0.15) is 0 Å². The highest BCUT2D eigenvalue weighted by Crippen LogP contribution is 2.35. The number of carbonyl (C=O) groups is 3. The van der Waals surface area contributed by atoms with Crippen molar-refractivity contribution in [3.05, 3.63) is 23.8 Å². The third-order valence-electron chi connectivity index (χ3n) is 2.73. The highest BCUT2D eigenvalue weighted by Gasteiger charge is 2.27. The number of nitrogens with one attached hydrogen (secondary N) is 1. The van der Waals surface area contributed by atoms with Gasteiger partial charge in [-0.05, 0) is 18.2 Å². The summed E-state index contributed by atoms with van der Waals surface area (Å²) >= 11 is 1.34. The monoisotopic (exact) mass is 280 g/mol. The molecule has 2 N–H and O–H groups in total. The second-order valence-corrected chi connectivity index (χ2v) is 4.95. The van der Waals surface area contributed by atoms with Crippen LogP contribution >= 0.6 is 11.8 Å². The van der Waals surface area contributed by atoms with Crippen LogP contribution in [0.2, 0.25) is 0 Å². The Labute approximate surface area is 113 Å². The molecule has 0 bridgehead atoms. The number of amides is 2. The van der Waals surface area contributed by atoms with Crippen molar-refractivity contribution in [2.75, 3.05) is 24.2 Å². The summed E-state index contributed by atoms with van der Waals surface area (Å²) in [6.07, 6.45) is 0. The summed E-state index contributed by atoms with van der Waals surface area (Å²) < 4.78 is 0. The lowest BCUT2D eigenvalue weighted by molar-refractivity contribution is -0.122. The van der Waals surface area contributed by atoms with Crippen LogP contribution in [0.3, 0.4) is 0 Å². The zero-order valence-corrected chi connectivity index (χ0v) is 11.0. The number of nitrogens with zero attached hydrogens (tertiary/aromatic N) is 1. The fourth-order valence-corrected chi connectivity index (χ4v) is 2.65. The van der Waals surface area contributed by atoms with Gasteiger partial charge in [0.2, 0.25) is 11.8 Å². The Balaban J connectivity index is 2.41. The van der Waals surface area contributed by atoms with E-state index in [1.54, 1.807) is 6.07 Å². The van der Waals surface area contributed by atoms with Gasteiger partial charge in [0.15, 0.2) is 0 Å². The van der Waals surface area contributed by atoms with E-state index in [1.807, 2.05) is 0 Å². The number of hydrogen-bond donors (Lipinski definition) is 2. The van der Waals surface area contributed by atoms with Gasteiger partial charge >= 0.3 is 5.97 Å². The molecular weight excluding hydrogens is 268 g/mol. The van der Waals surface area contributed by atoms with Crippen LogP contribution in [0.25, 0.3) is 0 Å². The molecule has 7 heteroatoms. The number of aromatic carboxylic acids is 1. The topological polar surface area (TPSA) is 86.7 Å². The van der Waals surface area contributed by atoms with Crippen molar-refractivity contribution in [1.82, 2.24) is 5.32 Å². The fraction of sp³-hybridized carbons (Fsp3) is 0.250. The van der Waals surface area contributed by atoms with Gasteiger partial charge in [0.05, 0.1) is 17.0 Å². The molecule has 100 valence electrons. The standard InChI is InChI=1S/C12H12N2O4S/c1-13-10(15)5-14-8-4-7(12(17)18)2-3-9(8)19-6-11(14)16/h2-4H,5-6H2,1H3,(H,13,15)(H,17,18). The van der Waals surface area contributed by atoms with Gasteiger partial charge < -0.3 is 15.3 Å². The summed E-state index contributed by atoms with van der Waals surface area (Å²) in [5.74, 6) is -1.32. The minimum absolute atomic E-state index is 0.0935. The number of hydrogen-bond acceptors (Lipinski definition) is 4. The van der Waals surface area contributed by atoms with Gasteiger partial charge in [0.1, 0.15) is 6.54 Å². The van der Waals surface area contributed by atoms with Crippen LogP contribution in [0, 0.1) is 0 Å². The van der Waals surface area contributed by atoms with Crippen LogP contribution in [0.5, 0.6) is 0 Å². The van der Waals surface area contributed by atoms with Gasteiger partial charge in [0.25, 0.3) is 0 Å². The molecule has 1 heterocycles. The van der Waals surface area contributed by atoms with E-state index < -0.39 is 5.97 Å². The zero-order chi connectivity index (χ0) is 14.0. The van der Waals surface area contributed by atoms with Crippen LogP contribution in [-0.4, -0.2) is 42.2 Å². The lowest BCUT2D eigenvalue weighted by Crippen LogP contribution is -2.42. The molecule has 1 aromatic carbocycles. The van der Waals surface area contributed by atoms with Crippen LogP contribution in [0.1, 0.15) is 10.4 Å². The second kappa shape index (κ2) is 5.31. The van der Waals surface area contributed by atoms with Gasteiger partial charge in [-0.1, -0.05) is 0 Å². The number of carbonyl (C=O) groups excluding carboxylic acids is 2. The van der Waals surface area contributed by atoms with Crippen LogP contribution in [0.4, 0.5) is 5.69 Å². The van der Waals surface area contributed by atoms with Crippen molar-refractivity contribution < 1.29 is 19.5 Å². The Morgan fingerprint density at radius 1 is 1.47 bits per heavy atom. The molecule has 19 heavy (non-hydrogen) atoms. The number of benzene rings is 1. The van der Waals surface area contributed by atoms with Gasteiger partial charge in [-0.3, -0.25) is 9.59 Å². The average molecular weight is 280 g/mol. The lowest BCUT2D eigenvalue weighted by Gasteiger charge is -2.28. The fourth-order valence-electron chi connectivity index (χ4n) is 1.73. The molecule has 0 saturated carbocycles. The third-order valence-corrected chi connectivity index (χ3v) is 3.78. The zero-order valence-electron chi connectivity index (χ0n) is 10.2. The number of carboxylic acids is 1. The van der Waals surface area contributed by atoms with Gasteiger partial charge in [0, 0.05) is 11.9 Å². The summed E-state index contributed by atoms with van der Waals surface area (Å²) in [6, 6.07) is 4.57. The lowest BCUT2D eigenvalue weighted by atomic mass is 10.2. The molecule has 0 saturated heterocycles. The first-order valence-corrected chi connectivity index (χ1v) is 6.52. The Morgan fingerprint density at radius 3 is 2.84 bits per heavy atom. The largest absolute Gasteiger partial charge is 0.478 e. The van der Waals surface area contributed by atoms with E-state index in [-0.39, 0.29) is 29.7 Å². The highest BCUT2D eigenvalue weighted by atomic mass is 32.2. The molecular formula is C12H12N2O4S. The number of anilines is 1. The maximum atomic E-state index is 11.9. The van der Waals surface area contributed by atoms with Crippen LogP contribution in [0.15, 0.2) is 23.1 Å². The maximum absolute atomic E-state index is 11.9. The van der Waals surface area contributed by atoms with Gasteiger partial charge in [-0.15, -0.1) is 11.8 Å². The summed E-state index contributed by atoms with van der Waals surface area (Å²) in [7, 11) is 1.49. The second-order valence-electron chi connectivity index (χ2n) is 3.93. The minimum atomic E-state index is -1.06. The Hall–Kier alpha value is -2.02. The SMILES string of the molecule is CNC(=O)CN1C(=O)CSc2ccc(C(=O)O)cc21. The van der Waals surface area contributed by atoms with E-state index in [1.165, 1.54) is 35.8 Å². The molecule has 0 aliphatic carbocycles. The number of carboxylic acid groups (broad SMARTS) is 1. The molecule has 1 aromatic rings. The quantitative estimate of drug-likeness (QED) is 0.845. The van der Waals surface area contributed by atoms with E-state index in [0.717, 1.165) is 4.90 Å². The van der Waals surface area contributed by atoms with E-state index >= 15 is 0 Å². The molecule has 0 aromatic heterocycles. The molecule has 6 nitrogen and oxygen atoms in total. The van der Waals surface area contributed by atoms with Crippen molar-refractivity contribution >= 4 is 35.2 Å². The highest BCUT2D eigenvalue weighted by molar-refractivity contribution is 8.00. The summed E-state index contributed by atoms with van der Waals surface area (Å²) in [6.45, 7) is -0.105. The van der Waals surface area contributed by atoms with Crippen LogP contribution in [-0.2, 0) is 9.59 Å². The summed E-state index contributed by atoms with van der Waals surface area (Å²) in [5, 5.41) is 11.4. The molecule has 0 atom stereocenters. The molecule has 2 amide bonds. The van der Waals surface area contributed by atoms with Crippen molar-refractivity contribution in [3.63, 3.8) is 0 Å². The molecule has 2 rings (SSSR count). The van der Waals surface area contributed by atoms with E-state index in [9.17, 15) is 14.4 Å². The first-order valence-electron chi connectivity index (χ1n) is 5.54. The predicted molar refractivity (Wildman–Crippen MR) is 70.5 cm³/mol. The Morgan fingerprint density at radius 2 is 2.21 bits per heavy atom. The summed E-state index contributed by atoms with van der Waals surface area (Å²) in [5.41, 5.74) is 0.570. The summed E-state index contributed by atoms with van der Waals surface area (Å²) in [4.78, 5) is 36.4. The van der Waals surface area contributed by atoms with Gasteiger partial charge in [-0.25, -0.2) is 4.79 Å². The molecule has 0 fully saturated rings. The molecule has 0 spiro atoms. The van der Waals surface area contributed by atoms with E-state index in [4.69, 9.17) is 5.11 Å². The van der Waals surface area contributed by atoms with Crippen molar-refractivity contribution in [1.29, 1.82) is 0 Å². The van der Waals surface area contributed by atoms with Crippen molar-refractivity contribution in [2.45, 2.75) is 4.90 Å². The maximum Gasteiger partial charge on any atom is 0.335 e. The molecule has 1 aliphatic rings. The smallest absolute Gasteiger partial charge is 0.335 e. The average Bonchev–Trinajstić information content (AvgIpc) is 2.41. The predicted octanol–water partition coefficient (Wildman–Crippen LogP) is 0.569. The van der Waals surface area contributed by atoms with E-state index in [0.29, 0.717) is 5.69 Å². The Kier molecular flexibility index (Phi) is 3.75. The third kappa shape index (κ3) is 2.70. The number of rotatable bonds is 3. The first-order chi connectivity index (χ1) is 9.02. The number of fused-ring (bicyclic) bond motifs is 1. The Bertz CT molecular complexity index is 559. The van der Waals surface area contributed by atoms with Crippen molar-refractivity contribution in [3.8, 4) is 0 Å². The number of likely N-dealkylation sites (N-methyl/N-ethyl adjacent to an activating group) is 1.